The van der Waals surface area contributed by atoms with E-state index in [-0.39, 0.29) is 0 Å². The van der Waals surface area contributed by atoms with E-state index < -0.39 is 0 Å². The Kier molecular flexibility index (Phi) is 5.55. The van der Waals surface area contributed by atoms with Crippen molar-refractivity contribution in [1.82, 2.24) is 4.90 Å². The van der Waals surface area contributed by atoms with Crippen molar-refractivity contribution in [2.45, 2.75) is 6.54 Å². The van der Waals surface area contributed by atoms with Gasteiger partial charge in [0, 0.05) is 31.3 Å². The first-order valence-electron chi connectivity index (χ1n) is 5.41. The molecule has 1 aromatic rings. The average molecular weight is 259 g/mol. The normalized spacial score (nSPS) is 10.7. The van der Waals surface area contributed by atoms with E-state index in [9.17, 15) is 0 Å². The molecule has 4 nitrogen and oxygen atoms in total. The summed E-state index contributed by atoms with van der Waals surface area (Å²) in [5.74, 6) is 1.42. The first-order valence-corrected chi connectivity index (χ1v) is 5.79. The third kappa shape index (κ3) is 3.77. The van der Waals surface area contributed by atoms with Crippen molar-refractivity contribution in [3.63, 3.8) is 0 Å². The van der Waals surface area contributed by atoms with Gasteiger partial charge in [-0.3, -0.25) is 0 Å². The summed E-state index contributed by atoms with van der Waals surface area (Å²) in [6.07, 6.45) is 0. The van der Waals surface area contributed by atoms with Crippen molar-refractivity contribution >= 4 is 11.6 Å². The van der Waals surface area contributed by atoms with Crippen LogP contribution in [-0.2, 0) is 6.54 Å². The van der Waals surface area contributed by atoms with Gasteiger partial charge in [-0.25, -0.2) is 0 Å². The van der Waals surface area contributed by atoms with Crippen LogP contribution in [-0.4, -0.2) is 39.3 Å². The topological polar surface area (TPSA) is 47.7 Å². The number of nitrogens with two attached hydrogens (primary N) is 1. The molecule has 0 saturated carbocycles. The van der Waals surface area contributed by atoms with Gasteiger partial charge in [0.1, 0.15) is 11.5 Å². The van der Waals surface area contributed by atoms with Crippen LogP contribution >= 0.6 is 11.6 Å². The maximum absolute atomic E-state index is 6.04. The number of likely N-dealkylation sites (N-methyl/N-ethyl adjacent to an activating group) is 1. The molecule has 1 aromatic carbocycles. The molecule has 0 fully saturated rings. The fourth-order valence-corrected chi connectivity index (χ4v) is 1.87. The fraction of sp³-hybridized carbons (Fsp3) is 0.500. The Morgan fingerprint density at radius 2 is 1.88 bits per heavy atom. The minimum absolute atomic E-state index is 0.551. The Morgan fingerprint density at radius 1 is 1.24 bits per heavy atom. The van der Waals surface area contributed by atoms with Gasteiger partial charge in [0.05, 0.1) is 19.2 Å². The number of methoxy groups -OCH3 is 2. The van der Waals surface area contributed by atoms with Gasteiger partial charge in [-0.1, -0.05) is 11.6 Å². The summed E-state index contributed by atoms with van der Waals surface area (Å²) >= 11 is 6.04. The lowest BCUT2D eigenvalue weighted by atomic mass is 10.1. The zero-order valence-electron chi connectivity index (χ0n) is 10.5. The van der Waals surface area contributed by atoms with Gasteiger partial charge in [0.15, 0.2) is 0 Å². The second-order valence-corrected chi connectivity index (χ2v) is 4.23. The highest BCUT2D eigenvalue weighted by Gasteiger charge is 2.11. The third-order valence-electron chi connectivity index (χ3n) is 2.51. The van der Waals surface area contributed by atoms with Crippen molar-refractivity contribution in [3.8, 4) is 11.5 Å². The Hall–Kier alpha value is -0.970. The van der Waals surface area contributed by atoms with Gasteiger partial charge < -0.3 is 20.1 Å². The quantitative estimate of drug-likeness (QED) is 0.845. The van der Waals surface area contributed by atoms with E-state index in [1.165, 1.54) is 0 Å². The van der Waals surface area contributed by atoms with Gasteiger partial charge >= 0.3 is 0 Å². The second kappa shape index (κ2) is 6.69. The number of halogens is 1. The molecule has 96 valence electrons. The third-order valence-corrected chi connectivity index (χ3v) is 2.80. The van der Waals surface area contributed by atoms with E-state index in [2.05, 4.69) is 4.90 Å². The predicted molar refractivity (Wildman–Crippen MR) is 69.9 cm³/mol. The van der Waals surface area contributed by atoms with Gasteiger partial charge in [-0.2, -0.15) is 0 Å². The summed E-state index contributed by atoms with van der Waals surface area (Å²) in [5.41, 5.74) is 6.55. The molecule has 1 rings (SSSR count). The molecule has 5 heteroatoms. The Labute approximate surface area is 107 Å². The number of benzene rings is 1. The fourth-order valence-electron chi connectivity index (χ4n) is 1.64. The minimum Gasteiger partial charge on any atom is -0.496 e. The first-order chi connectivity index (χ1) is 8.12. The van der Waals surface area contributed by atoms with E-state index in [1.54, 1.807) is 20.3 Å². The highest BCUT2D eigenvalue weighted by atomic mass is 35.5. The van der Waals surface area contributed by atoms with Crippen LogP contribution in [0.3, 0.4) is 0 Å². The molecule has 0 unspecified atom stereocenters. The summed E-state index contributed by atoms with van der Waals surface area (Å²) in [6, 6.07) is 3.67. The van der Waals surface area contributed by atoms with E-state index in [4.69, 9.17) is 26.8 Å². The lowest BCUT2D eigenvalue weighted by molar-refractivity contribution is 0.323. The smallest absolute Gasteiger partial charge is 0.138 e. The van der Waals surface area contributed by atoms with Crippen molar-refractivity contribution in [1.29, 1.82) is 0 Å². The second-order valence-electron chi connectivity index (χ2n) is 3.83. The largest absolute Gasteiger partial charge is 0.496 e. The molecule has 0 aliphatic rings. The van der Waals surface area contributed by atoms with Crippen molar-refractivity contribution in [3.05, 3.63) is 22.7 Å². The lowest BCUT2D eigenvalue weighted by Crippen LogP contribution is -2.25. The van der Waals surface area contributed by atoms with E-state index >= 15 is 0 Å². The Balaban J connectivity index is 2.95. The molecule has 0 heterocycles. The van der Waals surface area contributed by atoms with Gasteiger partial charge in [-0.15, -0.1) is 0 Å². The predicted octanol–water partition coefficient (Wildman–Crippen LogP) is 1.75. The van der Waals surface area contributed by atoms with Gasteiger partial charge in [-0.05, 0) is 13.1 Å². The molecule has 2 N–H and O–H groups in total. The number of nitrogens with zero attached hydrogens (tertiary/aromatic N) is 1. The highest BCUT2D eigenvalue weighted by Crippen LogP contribution is 2.32. The molecule has 0 bridgehead atoms. The summed E-state index contributed by atoms with van der Waals surface area (Å²) in [5, 5.41) is 0.551. The van der Waals surface area contributed by atoms with Gasteiger partial charge in [0.25, 0.3) is 0 Å². The summed E-state index contributed by atoms with van der Waals surface area (Å²) in [6.45, 7) is 2.20. The zero-order valence-corrected chi connectivity index (χ0v) is 11.3. The molecule has 0 aliphatic carbocycles. The molecule has 0 spiro atoms. The lowest BCUT2D eigenvalue weighted by Gasteiger charge is -2.18. The Morgan fingerprint density at radius 3 is 2.41 bits per heavy atom. The van der Waals surface area contributed by atoms with Crippen molar-refractivity contribution < 1.29 is 9.47 Å². The molecular weight excluding hydrogens is 240 g/mol. The van der Waals surface area contributed by atoms with Crippen molar-refractivity contribution in [2.24, 2.45) is 5.73 Å². The SMILES string of the molecule is COc1cc(CN(C)CCN)c(OC)cc1Cl. The minimum atomic E-state index is 0.551. The average Bonchev–Trinajstić information content (AvgIpc) is 2.31. The van der Waals surface area contributed by atoms with E-state index in [0.717, 1.165) is 24.4 Å². The van der Waals surface area contributed by atoms with Gasteiger partial charge in [0.2, 0.25) is 0 Å². The molecular formula is C12H19ClN2O2. The van der Waals surface area contributed by atoms with Crippen LogP contribution in [0.1, 0.15) is 5.56 Å². The molecule has 0 aromatic heterocycles. The number of hydrogen-bond acceptors (Lipinski definition) is 4. The maximum Gasteiger partial charge on any atom is 0.138 e. The Bertz CT molecular complexity index is 372. The molecule has 0 amide bonds. The number of rotatable bonds is 6. The standard InChI is InChI=1S/C12H19ClN2O2/c1-15(5-4-14)8-9-6-12(17-3)10(13)7-11(9)16-2/h6-7H,4-5,8,14H2,1-3H3. The van der Waals surface area contributed by atoms with Crippen LogP contribution in [0.15, 0.2) is 12.1 Å². The summed E-state index contributed by atoms with van der Waals surface area (Å²) in [4.78, 5) is 2.12. The summed E-state index contributed by atoms with van der Waals surface area (Å²) in [7, 11) is 5.24. The zero-order chi connectivity index (χ0) is 12.8. The van der Waals surface area contributed by atoms with Crippen LogP contribution in [0.4, 0.5) is 0 Å². The monoisotopic (exact) mass is 258 g/mol. The highest BCUT2D eigenvalue weighted by molar-refractivity contribution is 6.32. The van der Waals surface area contributed by atoms with E-state index in [1.807, 2.05) is 13.1 Å². The van der Waals surface area contributed by atoms with Crippen LogP contribution < -0.4 is 15.2 Å². The molecule has 0 aliphatic heterocycles. The van der Waals surface area contributed by atoms with Crippen molar-refractivity contribution in [2.75, 3.05) is 34.4 Å². The molecule has 0 atom stereocenters. The number of ether oxygens (including phenoxy) is 2. The molecule has 17 heavy (non-hydrogen) atoms. The van der Waals surface area contributed by atoms with Crippen LogP contribution in [0.2, 0.25) is 5.02 Å². The molecule has 0 saturated heterocycles. The molecule has 0 radical (unpaired) electrons. The summed E-state index contributed by atoms with van der Waals surface area (Å²) < 4.78 is 10.5. The van der Waals surface area contributed by atoms with Crippen LogP contribution in [0.25, 0.3) is 0 Å². The number of hydrogen-bond donors (Lipinski definition) is 1. The van der Waals surface area contributed by atoms with E-state index in [0.29, 0.717) is 17.3 Å². The van der Waals surface area contributed by atoms with Crippen LogP contribution in [0.5, 0.6) is 11.5 Å². The first kappa shape index (κ1) is 14.1. The van der Waals surface area contributed by atoms with Crippen LogP contribution in [0, 0.1) is 0 Å². The maximum atomic E-state index is 6.04.